The first-order chi connectivity index (χ1) is 7.88. The van der Waals surface area contributed by atoms with E-state index in [2.05, 4.69) is 4.90 Å². The van der Waals surface area contributed by atoms with Crippen molar-refractivity contribution in [3.05, 3.63) is 0 Å². The fourth-order valence-corrected chi connectivity index (χ4v) is 3.58. The number of piperidine rings is 1. The van der Waals surface area contributed by atoms with Crippen LogP contribution in [0.3, 0.4) is 0 Å². The van der Waals surface area contributed by atoms with Crippen molar-refractivity contribution in [1.82, 2.24) is 9.80 Å². The highest BCUT2D eigenvalue weighted by atomic mass is 35.7. The lowest BCUT2D eigenvalue weighted by atomic mass is 10.0. The van der Waals surface area contributed by atoms with Gasteiger partial charge < -0.3 is 9.80 Å². The Morgan fingerprint density at radius 2 is 1.88 bits per heavy atom. The molecule has 2 rings (SSSR count). The Morgan fingerprint density at radius 1 is 1.29 bits per heavy atom. The minimum absolute atomic E-state index is 0.0399. The van der Waals surface area contributed by atoms with Crippen molar-refractivity contribution in [3.63, 3.8) is 0 Å². The lowest BCUT2D eigenvalue weighted by Gasteiger charge is -2.35. The molecule has 2 aliphatic heterocycles. The maximum Gasteiger partial charge on any atom is 0.237 e. The van der Waals surface area contributed by atoms with Gasteiger partial charge in [-0.25, -0.2) is 8.42 Å². The quantitative estimate of drug-likeness (QED) is 0.681. The number of carbonyl (C=O) groups excluding carboxylic acids is 1. The highest BCUT2D eigenvalue weighted by molar-refractivity contribution is 8.14. The molecule has 0 aliphatic carbocycles. The second kappa shape index (κ2) is 4.74. The third kappa shape index (κ3) is 2.92. The number of rotatable bonds is 2. The second-order valence-electron chi connectivity index (χ2n) is 4.88. The van der Waals surface area contributed by atoms with Crippen LogP contribution in [0.5, 0.6) is 0 Å². The lowest BCUT2D eigenvalue weighted by Crippen LogP contribution is -2.44. The molecule has 98 valence electrons. The summed E-state index contributed by atoms with van der Waals surface area (Å²) in [4.78, 5) is 15.7. The summed E-state index contributed by atoms with van der Waals surface area (Å²) in [5.41, 5.74) is 0. The predicted octanol–water partition coefficient (Wildman–Crippen LogP) is 0.250. The molecule has 1 atom stereocenters. The summed E-state index contributed by atoms with van der Waals surface area (Å²) in [6, 6.07) is 0.183. The normalized spacial score (nSPS) is 28.9. The van der Waals surface area contributed by atoms with Gasteiger partial charge in [0, 0.05) is 29.7 Å². The van der Waals surface area contributed by atoms with E-state index in [4.69, 9.17) is 10.7 Å². The van der Waals surface area contributed by atoms with Gasteiger partial charge in [0.1, 0.15) is 5.25 Å². The van der Waals surface area contributed by atoms with Gasteiger partial charge in [0.05, 0.1) is 0 Å². The molecule has 0 spiro atoms. The first-order valence-corrected chi connectivity index (χ1v) is 8.16. The van der Waals surface area contributed by atoms with Gasteiger partial charge in [-0.1, -0.05) is 0 Å². The molecule has 0 N–H and O–H groups in total. The zero-order chi connectivity index (χ0) is 12.6. The molecule has 2 fully saturated rings. The van der Waals surface area contributed by atoms with Crippen molar-refractivity contribution in [2.75, 3.05) is 26.7 Å². The number of amides is 1. The lowest BCUT2D eigenvalue weighted by molar-refractivity contribution is -0.130. The molecule has 5 nitrogen and oxygen atoms in total. The Morgan fingerprint density at radius 3 is 2.35 bits per heavy atom. The standard InChI is InChI=1S/C10H17ClN2O3S/c1-12-4-2-8(3-5-12)13-7-9(6-10(13)14)17(11,15)16/h8-9H,2-7H2,1H3. The van der Waals surface area contributed by atoms with Crippen LogP contribution < -0.4 is 0 Å². The van der Waals surface area contributed by atoms with Crippen molar-refractivity contribution in [1.29, 1.82) is 0 Å². The van der Waals surface area contributed by atoms with Crippen molar-refractivity contribution >= 4 is 25.6 Å². The predicted molar refractivity (Wildman–Crippen MR) is 65.4 cm³/mol. The van der Waals surface area contributed by atoms with E-state index in [1.54, 1.807) is 4.90 Å². The molecule has 1 unspecified atom stereocenters. The van der Waals surface area contributed by atoms with Crippen molar-refractivity contribution in [2.45, 2.75) is 30.6 Å². The van der Waals surface area contributed by atoms with Gasteiger partial charge >= 0.3 is 0 Å². The molecule has 0 aromatic rings. The zero-order valence-electron chi connectivity index (χ0n) is 9.80. The first kappa shape index (κ1) is 13.1. The Hall–Kier alpha value is -0.330. The van der Waals surface area contributed by atoms with Crippen LogP contribution in [0.15, 0.2) is 0 Å². The molecule has 7 heteroatoms. The summed E-state index contributed by atoms with van der Waals surface area (Å²) in [6.45, 7) is 2.17. The highest BCUT2D eigenvalue weighted by Gasteiger charge is 2.40. The van der Waals surface area contributed by atoms with Crippen LogP contribution in [0.4, 0.5) is 0 Å². The maximum atomic E-state index is 11.8. The monoisotopic (exact) mass is 280 g/mol. The topological polar surface area (TPSA) is 57.7 Å². The number of likely N-dealkylation sites (tertiary alicyclic amines) is 2. The minimum atomic E-state index is -3.62. The van der Waals surface area contributed by atoms with Gasteiger partial charge in [-0.05, 0) is 33.0 Å². The van der Waals surface area contributed by atoms with E-state index in [0.717, 1.165) is 25.9 Å². The molecule has 17 heavy (non-hydrogen) atoms. The highest BCUT2D eigenvalue weighted by Crippen LogP contribution is 2.26. The Kier molecular flexibility index (Phi) is 3.66. The third-order valence-electron chi connectivity index (χ3n) is 3.65. The Balaban J connectivity index is 2.01. The molecule has 0 bridgehead atoms. The van der Waals surface area contributed by atoms with E-state index in [-0.39, 0.29) is 24.9 Å². The average molecular weight is 281 g/mol. The fourth-order valence-electron chi connectivity index (χ4n) is 2.55. The fraction of sp³-hybridized carbons (Fsp3) is 0.900. The van der Waals surface area contributed by atoms with Crippen molar-refractivity contribution < 1.29 is 13.2 Å². The molecule has 2 saturated heterocycles. The zero-order valence-corrected chi connectivity index (χ0v) is 11.4. The smallest absolute Gasteiger partial charge is 0.237 e. The van der Waals surface area contributed by atoms with Crippen LogP contribution in [0.1, 0.15) is 19.3 Å². The van der Waals surface area contributed by atoms with Crippen LogP contribution in [0.2, 0.25) is 0 Å². The van der Waals surface area contributed by atoms with Crippen LogP contribution in [-0.2, 0) is 13.8 Å². The van der Waals surface area contributed by atoms with Crippen LogP contribution in [-0.4, -0.2) is 62.1 Å². The number of carbonyl (C=O) groups is 1. The molecular weight excluding hydrogens is 264 g/mol. The van der Waals surface area contributed by atoms with E-state index < -0.39 is 14.3 Å². The van der Waals surface area contributed by atoms with Gasteiger partial charge in [-0.3, -0.25) is 4.79 Å². The largest absolute Gasteiger partial charge is 0.338 e. The maximum absolute atomic E-state index is 11.8. The van der Waals surface area contributed by atoms with Crippen LogP contribution in [0.25, 0.3) is 0 Å². The minimum Gasteiger partial charge on any atom is -0.338 e. The van der Waals surface area contributed by atoms with Gasteiger partial charge in [0.15, 0.2) is 0 Å². The van der Waals surface area contributed by atoms with Crippen molar-refractivity contribution in [2.24, 2.45) is 0 Å². The molecular formula is C10H17ClN2O3S. The summed E-state index contributed by atoms with van der Waals surface area (Å²) in [7, 11) is 3.75. The number of hydrogen-bond donors (Lipinski definition) is 0. The second-order valence-corrected chi connectivity index (χ2v) is 7.79. The van der Waals surface area contributed by atoms with Gasteiger partial charge in [-0.2, -0.15) is 0 Å². The molecule has 0 aromatic heterocycles. The van der Waals surface area contributed by atoms with Gasteiger partial charge in [0.25, 0.3) is 0 Å². The Labute approximate surface area is 106 Å². The van der Waals surface area contributed by atoms with E-state index in [1.807, 2.05) is 7.05 Å². The van der Waals surface area contributed by atoms with Crippen molar-refractivity contribution in [3.8, 4) is 0 Å². The molecule has 1 amide bonds. The van der Waals surface area contributed by atoms with Gasteiger partial charge in [-0.15, -0.1) is 0 Å². The van der Waals surface area contributed by atoms with E-state index in [1.165, 1.54) is 0 Å². The summed E-state index contributed by atoms with van der Waals surface area (Å²) >= 11 is 0. The number of nitrogens with zero attached hydrogens (tertiary/aromatic N) is 2. The summed E-state index contributed by atoms with van der Waals surface area (Å²) in [5, 5.41) is -0.726. The number of halogens is 1. The van der Waals surface area contributed by atoms with Gasteiger partial charge in [0.2, 0.25) is 15.0 Å². The number of hydrogen-bond acceptors (Lipinski definition) is 4. The molecule has 0 radical (unpaired) electrons. The first-order valence-electron chi connectivity index (χ1n) is 5.79. The molecule has 2 heterocycles. The Bertz CT molecular complexity index is 404. The summed E-state index contributed by atoms with van der Waals surface area (Å²) < 4.78 is 22.5. The van der Waals surface area contributed by atoms with Crippen LogP contribution in [0, 0.1) is 0 Å². The molecule has 2 aliphatic rings. The summed E-state index contributed by atoms with van der Waals surface area (Å²) in [5.74, 6) is -0.0752. The third-order valence-corrected chi connectivity index (χ3v) is 5.52. The van der Waals surface area contributed by atoms with E-state index >= 15 is 0 Å². The SMILES string of the molecule is CN1CCC(N2CC(S(=O)(=O)Cl)CC2=O)CC1. The molecule has 0 aromatic carbocycles. The van der Waals surface area contributed by atoms with Crippen LogP contribution >= 0.6 is 10.7 Å². The molecule has 0 saturated carbocycles. The summed E-state index contributed by atoms with van der Waals surface area (Å²) in [6.07, 6.45) is 1.87. The average Bonchev–Trinajstić information content (AvgIpc) is 2.61. The van der Waals surface area contributed by atoms with E-state index in [0.29, 0.717) is 0 Å². The van der Waals surface area contributed by atoms with E-state index in [9.17, 15) is 13.2 Å².